The Kier molecular flexibility index (Phi) is 5.01. The fraction of sp³-hybridized carbons (Fsp3) is 0.222. The molecule has 120 valence electrons. The second kappa shape index (κ2) is 6.96. The van der Waals surface area contributed by atoms with Crippen LogP contribution in [0.1, 0.15) is 27.0 Å². The number of hydrogen-bond acceptors (Lipinski definition) is 3. The zero-order valence-corrected chi connectivity index (χ0v) is 13.3. The fourth-order valence-corrected chi connectivity index (χ4v) is 2.08. The molecule has 2 aromatic rings. The van der Waals surface area contributed by atoms with E-state index >= 15 is 0 Å². The second-order valence-electron chi connectivity index (χ2n) is 5.44. The molecule has 2 N–H and O–H groups in total. The molecule has 0 aromatic heterocycles. The number of ether oxygens (including phenoxy) is 1. The van der Waals surface area contributed by atoms with E-state index in [1.807, 2.05) is 26.0 Å². The summed E-state index contributed by atoms with van der Waals surface area (Å²) in [5.41, 5.74) is 3.36. The summed E-state index contributed by atoms with van der Waals surface area (Å²) >= 11 is 0. The fourth-order valence-electron chi connectivity index (χ4n) is 2.08. The number of rotatable bonds is 5. The average molecular weight is 313 g/mol. The third-order valence-electron chi connectivity index (χ3n) is 3.53. The molecule has 2 rings (SSSR count). The number of anilines is 1. The lowest BCUT2D eigenvalue weighted by Gasteiger charge is -2.11. The molecule has 0 aliphatic rings. The van der Waals surface area contributed by atoms with Gasteiger partial charge in [0.1, 0.15) is 5.75 Å². The largest absolute Gasteiger partial charge is 0.484 e. The highest BCUT2D eigenvalue weighted by Gasteiger charge is 2.13. The average Bonchev–Trinajstić information content (AvgIpc) is 2.50. The maximum absolute atomic E-state index is 12.0. The van der Waals surface area contributed by atoms with E-state index in [0.717, 1.165) is 16.7 Å². The van der Waals surface area contributed by atoms with Crippen molar-refractivity contribution in [2.24, 2.45) is 0 Å². The van der Waals surface area contributed by atoms with Gasteiger partial charge in [-0.05, 0) is 56.2 Å². The number of benzene rings is 2. The van der Waals surface area contributed by atoms with Gasteiger partial charge >= 0.3 is 5.97 Å². The predicted octanol–water partition coefficient (Wildman–Crippen LogP) is 3.33. The summed E-state index contributed by atoms with van der Waals surface area (Å²) in [5, 5.41) is 11.8. The maximum Gasteiger partial charge on any atom is 0.337 e. The molecule has 0 spiro atoms. The van der Waals surface area contributed by atoms with Gasteiger partial charge in [0.2, 0.25) is 0 Å². The monoisotopic (exact) mass is 313 g/mol. The Labute approximate surface area is 134 Å². The summed E-state index contributed by atoms with van der Waals surface area (Å²) in [4.78, 5) is 23.2. The molecular weight excluding hydrogens is 294 g/mol. The van der Waals surface area contributed by atoms with Crippen molar-refractivity contribution in [2.45, 2.75) is 20.8 Å². The van der Waals surface area contributed by atoms with Crippen LogP contribution >= 0.6 is 0 Å². The van der Waals surface area contributed by atoms with E-state index in [9.17, 15) is 14.7 Å². The highest BCUT2D eigenvalue weighted by atomic mass is 16.5. The molecule has 0 saturated carbocycles. The quantitative estimate of drug-likeness (QED) is 0.888. The summed E-state index contributed by atoms with van der Waals surface area (Å²) in [7, 11) is 0. The predicted molar refractivity (Wildman–Crippen MR) is 88.2 cm³/mol. The van der Waals surface area contributed by atoms with Crippen molar-refractivity contribution >= 4 is 17.6 Å². The van der Waals surface area contributed by atoms with Gasteiger partial charge in [-0.2, -0.15) is 0 Å². The van der Waals surface area contributed by atoms with E-state index in [-0.39, 0.29) is 17.9 Å². The minimum Gasteiger partial charge on any atom is -0.484 e. The van der Waals surface area contributed by atoms with Crippen LogP contribution in [0.3, 0.4) is 0 Å². The smallest absolute Gasteiger partial charge is 0.337 e. The molecule has 0 unspecified atom stereocenters. The lowest BCUT2D eigenvalue weighted by molar-refractivity contribution is -0.118. The number of nitrogens with one attached hydrogen (secondary N) is 1. The number of carboxylic acids is 1. The number of hydrogen-bond donors (Lipinski definition) is 2. The number of carbonyl (C=O) groups excluding carboxylic acids is 1. The van der Waals surface area contributed by atoms with Crippen LogP contribution in [0.25, 0.3) is 0 Å². The summed E-state index contributed by atoms with van der Waals surface area (Å²) in [6, 6.07) is 10.4. The van der Waals surface area contributed by atoms with Gasteiger partial charge in [0, 0.05) is 0 Å². The molecule has 23 heavy (non-hydrogen) atoms. The van der Waals surface area contributed by atoms with E-state index in [2.05, 4.69) is 5.32 Å². The van der Waals surface area contributed by atoms with E-state index in [1.165, 1.54) is 6.07 Å². The van der Waals surface area contributed by atoms with Crippen LogP contribution in [-0.2, 0) is 4.79 Å². The molecule has 1 amide bonds. The number of amides is 1. The van der Waals surface area contributed by atoms with Crippen molar-refractivity contribution in [3.05, 3.63) is 58.7 Å². The van der Waals surface area contributed by atoms with Crippen LogP contribution in [0.4, 0.5) is 5.69 Å². The summed E-state index contributed by atoms with van der Waals surface area (Å²) < 4.78 is 5.44. The molecular formula is C18H19NO4. The summed E-state index contributed by atoms with van der Waals surface area (Å²) in [6.45, 7) is 5.57. The van der Waals surface area contributed by atoms with E-state index < -0.39 is 11.9 Å². The Bertz CT molecular complexity index is 753. The standard InChI is InChI=1S/C18H19NO4/c1-11-4-7-16(15(8-11)18(21)22)19-17(20)10-23-14-6-5-12(2)13(3)9-14/h4-9H,10H2,1-3H3,(H,19,20)(H,21,22). The SMILES string of the molecule is Cc1ccc(NC(=O)COc2ccc(C)c(C)c2)c(C(=O)O)c1. The Hall–Kier alpha value is -2.82. The first kappa shape index (κ1) is 16.5. The van der Waals surface area contributed by atoms with Crippen LogP contribution in [0.2, 0.25) is 0 Å². The molecule has 0 saturated heterocycles. The molecule has 0 atom stereocenters. The molecule has 2 aromatic carbocycles. The molecule has 0 bridgehead atoms. The third-order valence-corrected chi connectivity index (χ3v) is 3.53. The topological polar surface area (TPSA) is 75.6 Å². The molecule has 5 heteroatoms. The summed E-state index contributed by atoms with van der Waals surface area (Å²) in [6.07, 6.45) is 0. The van der Waals surface area contributed by atoms with Gasteiger partial charge in [-0.15, -0.1) is 0 Å². The van der Waals surface area contributed by atoms with Gasteiger partial charge in [-0.25, -0.2) is 4.79 Å². The van der Waals surface area contributed by atoms with Gasteiger partial charge in [-0.1, -0.05) is 17.7 Å². The van der Waals surface area contributed by atoms with Crippen molar-refractivity contribution < 1.29 is 19.4 Å². The number of carbonyl (C=O) groups is 2. The van der Waals surface area contributed by atoms with Gasteiger partial charge in [0.15, 0.2) is 6.61 Å². The molecule has 0 aliphatic heterocycles. The van der Waals surface area contributed by atoms with Gasteiger partial charge in [-0.3, -0.25) is 4.79 Å². The summed E-state index contributed by atoms with van der Waals surface area (Å²) in [5.74, 6) is -0.890. The van der Waals surface area contributed by atoms with Crippen LogP contribution in [0.15, 0.2) is 36.4 Å². The zero-order valence-electron chi connectivity index (χ0n) is 13.3. The normalized spacial score (nSPS) is 10.2. The maximum atomic E-state index is 12.0. The van der Waals surface area contributed by atoms with Crippen LogP contribution in [0.5, 0.6) is 5.75 Å². The van der Waals surface area contributed by atoms with E-state index in [4.69, 9.17) is 4.74 Å². The van der Waals surface area contributed by atoms with Crippen LogP contribution in [-0.4, -0.2) is 23.6 Å². The zero-order chi connectivity index (χ0) is 17.0. The van der Waals surface area contributed by atoms with E-state index in [0.29, 0.717) is 5.75 Å². The molecule has 0 aliphatic carbocycles. The highest BCUT2D eigenvalue weighted by molar-refractivity contribution is 6.01. The van der Waals surface area contributed by atoms with Crippen molar-refractivity contribution in [3.63, 3.8) is 0 Å². The van der Waals surface area contributed by atoms with E-state index in [1.54, 1.807) is 25.1 Å². The van der Waals surface area contributed by atoms with Gasteiger partial charge < -0.3 is 15.2 Å². The highest BCUT2D eigenvalue weighted by Crippen LogP contribution is 2.18. The lowest BCUT2D eigenvalue weighted by atomic mass is 10.1. The lowest BCUT2D eigenvalue weighted by Crippen LogP contribution is -2.21. The Morgan fingerprint density at radius 2 is 1.78 bits per heavy atom. The number of carboxylic acid groups (broad SMARTS) is 1. The van der Waals surface area contributed by atoms with Crippen LogP contribution in [0, 0.1) is 20.8 Å². The van der Waals surface area contributed by atoms with Crippen molar-refractivity contribution in [1.82, 2.24) is 0 Å². The molecule has 0 radical (unpaired) electrons. The third kappa shape index (κ3) is 4.32. The molecule has 0 heterocycles. The van der Waals surface area contributed by atoms with Crippen molar-refractivity contribution in [2.75, 3.05) is 11.9 Å². The Balaban J connectivity index is 2.02. The minimum atomic E-state index is -1.08. The molecule has 5 nitrogen and oxygen atoms in total. The van der Waals surface area contributed by atoms with Crippen molar-refractivity contribution in [3.8, 4) is 5.75 Å². The first-order valence-corrected chi connectivity index (χ1v) is 7.20. The first-order valence-electron chi connectivity index (χ1n) is 7.20. The van der Waals surface area contributed by atoms with Gasteiger partial charge in [0.05, 0.1) is 11.3 Å². The Morgan fingerprint density at radius 1 is 1.04 bits per heavy atom. The first-order chi connectivity index (χ1) is 10.9. The van der Waals surface area contributed by atoms with Crippen molar-refractivity contribution in [1.29, 1.82) is 0 Å². The number of aromatic carboxylic acids is 1. The van der Waals surface area contributed by atoms with Gasteiger partial charge in [0.25, 0.3) is 5.91 Å². The minimum absolute atomic E-state index is 0.0598. The second-order valence-corrected chi connectivity index (χ2v) is 5.44. The van der Waals surface area contributed by atoms with Crippen LogP contribution < -0.4 is 10.1 Å². The molecule has 0 fully saturated rings. The number of aryl methyl sites for hydroxylation is 3. The Morgan fingerprint density at radius 3 is 2.43 bits per heavy atom.